The lowest BCUT2D eigenvalue weighted by Gasteiger charge is -2.07. The minimum absolute atomic E-state index is 0.00719. The minimum Gasteiger partial charge on any atom is -0.299 e. The smallest absolute Gasteiger partial charge is 0.142 e. The fourth-order valence-corrected chi connectivity index (χ4v) is 4.19. The topological polar surface area (TPSA) is 17.1 Å². The molecular formula is C20H18F2OS. The monoisotopic (exact) mass is 344 g/mol. The highest BCUT2D eigenvalue weighted by molar-refractivity contribution is 7.10. The minimum atomic E-state index is -0.659. The molecule has 0 bridgehead atoms. The summed E-state index contributed by atoms with van der Waals surface area (Å²) in [4.78, 5) is 13.4. The molecule has 1 aromatic heterocycles. The van der Waals surface area contributed by atoms with E-state index in [-0.39, 0.29) is 17.8 Å². The number of hydrogen-bond donors (Lipinski definition) is 0. The van der Waals surface area contributed by atoms with Crippen molar-refractivity contribution >= 4 is 22.7 Å². The largest absolute Gasteiger partial charge is 0.299 e. The van der Waals surface area contributed by atoms with Crippen LogP contribution in [0.2, 0.25) is 0 Å². The molecule has 0 aliphatic heterocycles. The summed E-state index contributed by atoms with van der Waals surface area (Å²) in [6.45, 7) is 2.09. The molecule has 4 heteroatoms. The van der Waals surface area contributed by atoms with Crippen LogP contribution < -0.4 is 0 Å². The molecule has 0 radical (unpaired) electrons. The predicted molar refractivity (Wildman–Crippen MR) is 94.2 cm³/mol. The zero-order valence-corrected chi connectivity index (χ0v) is 14.3. The van der Waals surface area contributed by atoms with Gasteiger partial charge in [-0.1, -0.05) is 31.2 Å². The van der Waals surface area contributed by atoms with Crippen molar-refractivity contribution in [2.24, 2.45) is 0 Å². The third-order valence-corrected chi connectivity index (χ3v) is 5.24. The van der Waals surface area contributed by atoms with Crippen molar-refractivity contribution in [3.05, 3.63) is 75.0 Å². The molecule has 1 nitrogen and oxygen atoms in total. The second-order valence-electron chi connectivity index (χ2n) is 5.86. The molecule has 0 atom stereocenters. The average Bonchev–Trinajstić information content (AvgIpc) is 3.19. The van der Waals surface area contributed by atoms with E-state index in [9.17, 15) is 13.6 Å². The van der Waals surface area contributed by atoms with Crippen LogP contribution in [0.15, 0.2) is 41.8 Å². The number of carbonyl (C=O) groups is 1. The van der Waals surface area contributed by atoms with Crippen molar-refractivity contribution in [1.29, 1.82) is 0 Å². The van der Waals surface area contributed by atoms with E-state index in [1.54, 1.807) is 11.3 Å². The van der Waals surface area contributed by atoms with Crippen molar-refractivity contribution in [2.75, 3.05) is 0 Å². The van der Waals surface area contributed by atoms with E-state index in [0.717, 1.165) is 23.8 Å². The Kier molecular flexibility index (Phi) is 5.05. The maximum absolute atomic E-state index is 13.7. The maximum Gasteiger partial charge on any atom is 0.142 e. The number of rotatable bonds is 6. The summed E-state index contributed by atoms with van der Waals surface area (Å²) in [5.41, 5.74) is 3.97. The van der Waals surface area contributed by atoms with E-state index >= 15 is 0 Å². The molecule has 0 amide bonds. The van der Waals surface area contributed by atoms with E-state index in [2.05, 4.69) is 30.5 Å². The van der Waals surface area contributed by atoms with Crippen molar-refractivity contribution in [2.45, 2.75) is 32.6 Å². The second kappa shape index (κ2) is 7.22. The fourth-order valence-electron chi connectivity index (χ4n) is 2.99. The SMILES string of the molecule is CCc1c(C2=CC=CC2)csc1CC(=O)Cc1ccc(F)cc1F. The van der Waals surface area contributed by atoms with Crippen LogP contribution >= 0.6 is 11.3 Å². The average molecular weight is 344 g/mol. The Morgan fingerprint density at radius 3 is 2.75 bits per heavy atom. The van der Waals surface area contributed by atoms with Gasteiger partial charge in [-0.2, -0.15) is 0 Å². The predicted octanol–water partition coefficient (Wildman–Crippen LogP) is 5.29. The molecule has 0 unspecified atom stereocenters. The fraction of sp³-hybridized carbons (Fsp3) is 0.250. The van der Waals surface area contributed by atoms with Crippen LogP contribution in [0.1, 0.15) is 34.9 Å². The first-order valence-electron chi connectivity index (χ1n) is 7.99. The number of allylic oxidation sites excluding steroid dienone is 4. The summed E-state index contributed by atoms with van der Waals surface area (Å²) >= 11 is 1.59. The van der Waals surface area contributed by atoms with E-state index < -0.39 is 11.6 Å². The van der Waals surface area contributed by atoms with Crippen LogP contribution in [-0.2, 0) is 24.1 Å². The zero-order chi connectivity index (χ0) is 17.1. The summed E-state index contributed by atoms with van der Waals surface area (Å²) in [5, 5.41) is 2.11. The Labute approximate surface area is 144 Å². The third kappa shape index (κ3) is 3.54. The first-order chi connectivity index (χ1) is 11.6. The molecule has 3 rings (SSSR count). The summed E-state index contributed by atoms with van der Waals surface area (Å²) in [7, 11) is 0. The molecule has 124 valence electrons. The normalized spacial score (nSPS) is 13.4. The lowest BCUT2D eigenvalue weighted by atomic mass is 9.97. The Hall–Kier alpha value is -2.07. The van der Waals surface area contributed by atoms with Crippen LogP contribution in [0.4, 0.5) is 8.78 Å². The number of thiophene rings is 1. The molecule has 1 heterocycles. The van der Waals surface area contributed by atoms with Crippen molar-refractivity contribution in [1.82, 2.24) is 0 Å². The van der Waals surface area contributed by atoms with Gasteiger partial charge in [-0.3, -0.25) is 4.79 Å². The lowest BCUT2D eigenvalue weighted by molar-refractivity contribution is -0.117. The van der Waals surface area contributed by atoms with Gasteiger partial charge in [0, 0.05) is 23.8 Å². The molecule has 0 N–H and O–H groups in total. The van der Waals surface area contributed by atoms with Gasteiger partial charge in [-0.15, -0.1) is 11.3 Å². The first kappa shape index (κ1) is 16.8. The third-order valence-electron chi connectivity index (χ3n) is 4.21. The summed E-state index contributed by atoms with van der Waals surface area (Å²) in [6.07, 6.45) is 8.36. The van der Waals surface area contributed by atoms with Gasteiger partial charge in [0.05, 0.1) is 0 Å². The summed E-state index contributed by atoms with van der Waals surface area (Å²) in [6, 6.07) is 3.35. The first-order valence-corrected chi connectivity index (χ1v) is 8.87. The quantitative estimate of drug-likeness (QED) is 0.696. The Balaban J connectivity index is 1.74. The van der Waals surface area contributed by atoms with E-state index in [0.29, 0.717) is 6.42 Å². The molecular weight excluding hydrogens is 326 g/mol. The van der Waals surface area contributed by atoms with E-state index in [4.69, 9.17) is 0 Å². The zero-order valence-electron chi connectivity index (χ0n) is 13.4. The number of benzene rings is 1. The number of ketones is 1. The number of hydrogen-bond acceptors (Lipinski definition) is 2. The van der Waals surface area contributed by atoms with Crippen molar-refractivity contribution in [3.8, 4) is 0 Å². The Morgan fingerprint density at radius 1 is 1.25 bits per heavy atom. The molecule has 1 aliphatic rings. The standard InChI is InChI=1S/C20H18F2OS/c1-2-17-18(13-5-3-4-6-13)12-24-20(17)11-16(23)9-14-7-8-15(21)10-19(14)22/h3-5,7-8,10,12H,2,6,9,11H2,1H3. The number of Topliss-reactive ketones (excluding diaryl/α,β-unsaturated/α-hetero) is 1. The lowest BCUT2D eigenvalue weighted by Crippen LogP contribution is -2.08. The van der Waals surface area contributed by atoms with Crippen molar-refractivity contribution < 1.29 is 13.6 Å². The summed E-state index contributed by atoms with van der Waals surface area (Å²) < 4.78 is 26.6. The van der Waals surface area contributed by atoms with Gasteiger partial charge in [0.2, 0.25) is 0 Å². The Morgan fingerprint density at radius 2 is 2.08 bits per heavy atom. The van der Waals surface area contributed by atoms with Crippen LogP contribution in [0.25, 0.3) is 5.57 Å². The molecule has 0 spiro atoms. The number of halogens is 2. The van der Waals surface area contributed by atoms with E-state index in [1.807, 2.05) is 0 Å². The van der Waals surface area contributed by atoms with Crippen molar-refractivity contribution in [3.63, 3.8) is 0 Å². The molecule has 1 aromatic carbocycles. The maximum atomic E-state index is 13.7. The van der Waals surface area contributed by atoms with Crippen LogP contribution in [0, 0.1) is 11.6 Å². The van der Waals surface area contributed by atoms with Gasteiger partial charge in [0.25, 0.3) is 0 Å². The van der Waals surface area contributed by atoms with Gasteiger partial charge in [0.15, 0.2) is 0 Å². The molecule has 0 saturated carbocycles. The summed E-state index contributed by atoms with van der Waals surface area (Å²) in [5.74, 6) is -1.34. The molecule has 0 fully saturated rings. The van der Waals surface area contributed by atoms with Crippen LogP contribution in [0.5, 0.6) is 0 Å². The highest BCUT2D eigenvalue weighted by atomic mass is 32.1. The Bertz CT molecular complexity index is 830. The van der Waals surface area contributed by atoms with Gasteiger partial charge in [0.1, 0.15) is 17.4 Å². The van der Waals surface area contributed by atoms with E-state index in [1.165, 1.54) is 28.8 Å². The van der Waals surface area contributed by atoms with Gasteiger partial charge < -0.3 is 0 Å². The van der Waals surface area contributed by atoms with Gasteiger partial charge in [-0.25, -0.2) is 8.78 Å². The van der Waals surface area contributed by atoms with Gasteiger partial charge >= 0.3 is 0 Å². The van der Waals surface area contributed by atoms with Crippen LogP contribution in [0.3, 0.4) is 0 Å². The highest BCUT2D eigenvalue weighted by Crippen LogP contribution is 2.33. The molecule has 2 aromatic rings. The second-order valence-corrected chi connectivity index (χ2v) is 6.82. The van der Waals surface area contributed by atoms with Gasteiger partial charge in [-0.05, 0) is 46.6 Å². The molecule has 0 saturated heterocycles. The highest BCUT2D eigenvalue weighted by Gasteiger charge is 2.17. The molecule has 24 heavy (non-hydrogen) atoms. The van der Waals surface area contributed by atoms with Crippen LogP contribution in [-0.4, -0.2) is 5.78 Å². The molecule has 1 aliphatic carbocycles. The number of carbonyl (C=O) groups excluding carboxylic acids is 1.